The zero-order valence-electron chi connectivity index (χ0n) is 10.1. The second-order valence-electron chi connectivity index (χ2n) is 3.80. The zero-order chi connectivity index (χ0) is 14.5. The van der Waals surface area contributed by atoms with Crippen molar-refractivity contribution in [2.75, 3.05) is 5.32 Å². The molecule has 2 aromatic rings. The number of carbonyl (C=O) groups is 2. The lowest BCUT2D eigenvalue weighted by molar-refractivity contribution is -0.131. The number of hydrogen-bond donors (Lipinski definition) is 3. The molecule has 0 saturated carbocycles. The third-order valence-corrected chi connectivity index (χ3v) is 2.52. The highest BCUT2D eigenvalue weighted by molar-refractivity contribution is 6.31. The molecule has 0 aliphatic rings. The average Bonchev–Trinajstić information content (AvgIpc) is 2.84. The number of anilines is 1. The van der Waals surface area contributed by atoms with E-state index in [0.717, 1.165) is 6.08 Å². The van der Waals surface area contributed by atoms with E-state index in [0.29, 0.717) is 22.2 Å². The maximum absolute atomic E-state index is 11.9. The molecule has 1 amide bonds. The maximum Gasteiger partial charge on any atom is 0.328 e. The first-order chi connectivity index (χ1) is 9.54. The van der Waals surface area contributed by atoms with Crippen LogP contribution in [-0.4, -0.2) is 27.0 Å². The average molecular weight is 292 g/mol. The summed E-state index contributed by atoms with van der Waals surface area (Å²) in [5.74, 6) is -1.14. The number of carboxylic acid groups (broad SMARTS) is 1. The molecule has 2 heterocycles. The summed E-state index contributed by atoms with van der Waals surface area (Å²) in [5.41, 5.74) is 0.734. The Morgan fingerprint density at radius 1 is 1.40 bits per heavy atom. The largest absolute Gasteiger partial charge is 0.478 e. The van der Waals surface area contributed by atoms with Crippen molar-refractivity contribution in [1.29, 1.82) is 0 Å². The molecule has 3 N–H and O–H groups in total. The molecule has 6 nitrogen and oxygen atoms in total. The van der Waals surface area contributed by atoms with Crippen LogP contribution in [0.25, 0.3) is 6.08 Å². The van der Waals surface area contributed by atoms with E-state index in [1.54, 1.807) is 18.2 Å². The maximum atomic E-state index is 11.9. The molecule has 102 valence electrons. The molecule has 2 aromatic heterocycles. The molecule has 0 aromatic carbocycles. The van der Waals surface area contributed by atoms with Crippen molar-refractivity contribution in [1.82, 2.24) is 9.97 Å². The first-order valence-electron chi connectivity index (χ1n) is 5.58. The molecule has 0 fully saturated rings. The van der Waals surface area contributed by atoms with Gasteiger partial charge in [0, 0.05) is 12.3 Å². The predicted octanol–water partition coefficient (Wildman–Crippen LogP) is 2.41. The lowest BCUT2D eigenvalue weighted by atomic mass is 10.3. The number of halogens is 1. The van der Waals surface area contributed by atoms with Gasteiger partial charge in [-0.15, -0.1) is 0 Å². The van der Waals surface area contributed by atoms with E-state index in [2.05, 4.69) is 15.3 Å². The fourth-order valence-corrected chi connectivity index (χ4v) is 1.62. The Hall–Kier alpha value is -2.60. The number of H-pyrrole nitrogens is 1. The molecule has 0 bridgehead atoms. The highest BCUT2D eigenvalue weighted by atomic mass is 35.5. The van der Waals surface area contributed by atoms with Crippen molar-refractivity contribution in [3.05, 3.63) is 52.9 Å². The molecule has 0 aliphatic heterocycles. The second kappa shape index (κ2) is 6.03. The van der Waals surface area contributed by atoms with Gasteiger partial charge in [-0.05, 0) is 24.3 Å². The van der Waals surface area contributed by atoms with E-state index in [-0.39, 0.29) is 5.91 Å². The van der Waals surface area contributed by atoms with Crippen molar-refractivity contribution in [3.8, 4) is 0 Å². The third kappa shape index (κ3) is 3.69. The number of nitrogens with one attached hydrogen (secondary N) is 2. The van der Waals surface area contributed by atoms with E-state index in [1.807, 2.05) is 0 Å². The van der Waals surface area contributed by atoms with Gasteiger partial charge in [-0.2, -0.15) is 0 Å². The standard InChI is InChI=1S/C13H10ClN3O3/c14-8-6-10(15-7-8)13(20)17-11-3-1-2-9(16-11)4-5-12(18)19/h1-7,15H,(H,18,19)(H,16,17,20). The smallest absolute Gasteiger partial charge is 0.328 e. The van der Waals surface area contributed by atoms with Crippen LogP contribution in [0.5, 0.6) is 0 Å². The van der Waals surface area contributed by atoms with Crippen molar-refractivity contribution in [2.24, 2.45) is 0 Å². The molecule has 0 unspecified atom stereocenters. The topological polar surface area (TPSA) is 95.1 Å². The summed E-state index contributed by atoms with van der Waals surface area (Å²) in [6.45, 7) is 0. The first kappa shape index (κ1) is 13.8. The molecule has 0 spiro atoms. The van der Waals surface area contributed by atoms with Gasteiger partial charge >= 0.3 is 5.97 Å². The van der Waals surface area contributed by atoms with E-state index in [4.69, 9.17) is 16.7 Å². The minimum Gasteiger partial charge on any atom is -0.478 e. The van der Waals surface area contributed by atoms with Crippen LogP contribution >= 0.6 is 11.6 Å². The molecule has 0 radical (unpaired) electrons. The predicted molar refractivity (Wildman–Crippen MR) is 74.7 cm³/mol. The van der Waals surface area contributed by atoms with Crippen LogP contribution in [0.15, 0.2) is 36.5 Å². The highest BCUT2D eigenvalue weighted by Crippen LogP contribution is 2.12. The number of hydrogen-bond acceptors (Lipinski definition) is 3. The Kier molecular flexibility index (Phi) is 4.17. The summed E-state index contributed by atoms with van der Waals surface area (Å²) in [4.78, 5) is 29.1. The minimum absolute atomic E-state index is 0.309. The van der Waals surface area contributed by atoms with Crippen LogP contribution in [-0.2, 0) is 4.79 Å². The van der Waals surface area contributed by atoms with E-state index in [9.17, 15) is 9.59 Å². The molecule has 7 heteroatoms. The fraction of sp³-hybridized carbons (Fsp3) is 0. The van der Waals surface area contributed by atoms with E-state index < -0.39 is 5.97 Å². The van der Waals surface area contributed by atoms with Crippen LogP contribution in [0.2, 0.25) is 5.02 Å². The number of carbonyl (C=O) groups excluding carboxylic acids is 1. The molecular formula is C13H10ClN3O3. The van der Waals surface area contributed by atoms with Crippen LogP contribution < -0.4 is 5.32 Å². The number of aromatic amines is 1. The Balaban J connectivity index is 2.11. The fourth-order valence-electron chi connectivity index (χ4n) is 1.45. The summed E-state index contributed by atoms with van der Waals surface area (Å²) in [5, 5.41) is 11.5. The van der Waals surface area contributed by atoms with Gasteiger partial charge in [-0.25, -0.2) is 9.78 Å². The summed E-state index contributed by atoms with van der Waals surface area (Å²) in [6.07, 6.45) is 3.80. The Bertz CT molecular complexity index is 679. The van der Waals surface area contributed by atoms with Crippen LogP contribution in [0, 0.1) is 0 Å². The number of amides is 1. The van der Waals surface area contributed by atoms with Gasteiger partial charge in [0.05, 0.1) is 10.7 Å². The van der Waals surface area contributed by atoms with E-state index in [1.165, 1.54) is 18.3 Å². The van der Waals surface area contributed by atoms with Crippen molar-refractivity contribution < 1.29 is 14.7 Å². The van der Waals surface area contributed by atoms with Crippen LogP contribution in [0.4, 0.5) is 5.82 Å². The number of aromatic nitrogens is 2. The lowest BCUT2D eigenvalue weighted by Crippen LogP contribution is -2.13. The number of nitrogens with zero attached hydrogens (tertiary/aromatic N) is 1. The monoisotopic (exact) mass is 291 g/mol. The van der Waals surface area contributed by atoms with Crippen molar-refractivity contribution in [2.45, 2.75) is 0 Å². The molecule has 2 rings (SSSR count). The molecule has 0 atom stereocenters. The van der Waals surface area contributed by atoms with Crippen LogP contribution in [0.1, 0.15) is 16.2 Å². The van der Waals surface area contributed by atoms with Crippen molar-refractivity contribution in [3.63, 3.8) is 0 Å². The quantitative estimate of drug-likeness (QED) is 0.754. The summed E-state index contributed by atoms with van der Waals surface area (Å²) in [7, 11) is 0. The summed E-state index contributed by atoms with van der Waals surface area (Å²) >= 11 is 5.71. The van der Waals surface area contributed by atoms with Gasteiger partial charge in [-0.3, -0.25) is 4.79 Å². The molecule has 0 aliphatic carbocycles. The summed E-state index contributed by atoms with van der Waals surface area (Å²) < 4.78 is 0. The Morgan fingerprint density at radius 3 is 2.85 bits per heavy atom. The van der Waals surface area contributed by atoms with E-state index >= 15 is 0 Å². The first-order valence-corrected chi connectivity index (χ1v) is 5.96. The number of pyridine rings is 1. The van der Waals surface area contributed by atoms with Gasteiger partial charge < -0.3 is 15.4 Å². The molecule has 0 saturated heterocycles. The lowest BCUT2D eigenvalue weighted by Gasteiger charge is -2.03. The highest BCUT2D eigenvalue weighted by Gasteiger charge is 2.08. The molecule has 20 heavy (non-hydrogen) atoms. The normalized spacial score (nSPS) is 10.7. The second-order valence-corrected chi connectivity index (χ2v) is 4.24. The minimum atomic E-state index is -1.07. The van der Waals surface area contributed by atoms with Gasteiger partial charge in [0.25, 0.3) is 5.91 Å². The molecular weight excluding hydrogens is 282 g/mol. The third-order valence-electron chi connectivity index (χ3n) is 2.30. The summed E-state index contributed by atoms with van der Waals surface area (Å²) in [6, 6.07) is 6.37. The SMILES string of the molecule is O=C(O)C=Cc1cccc(NC(=O)c2cc(Cl)c[nH]2)n1. The zero-order valence-corrected chi connectivity index (χ0v) is 10.9. The number of rotatable bonds is 4. The van der Waals surface area contributed by atoms with Gasteiger partial charge in [-0.1, -0.05) is 17.7 Å². The van der Waals surface area contributed by atoms with Gasteiger partial charge in [0.1, 0.15) is 11.5 Å². The van der Waals surface area contributed by atoms with Crippen LogP contribution in [0.3, 0.4) is 0 Å². The van der Waals surface area contributed by atoms with Crippen molar-refractivity contribution >= 4 is 35.4 Å². The number of carboxylic acids is 1. The van der Waals surface area contributed by atoms with Gasteiger partial charge in [0.15, 0.2) is 0 Å². The number of aliphatic carboxylic acids is 1. The van der Waals surface area contributed by atoms with Gasteiger partial charge in [0.2, 0.25) is 0 Å². The Morgan fingerprint density at radius 2 is 2.20 bits per heavy atom. The Labute approximate surface area is 119 Å².